The molecule has 0 atom stereocenters. The summed E-state index contributed by atoms with van der Waals surface area (Å²) in [5.74, 6) is 0. The smallest absolute Gasteiger partial charge is 0.0386 e. The summed E-state index contributed by atoms with van der Waals surface area (Å²) in [5, 5.41) is 0. The van der Waals surface area contributed by atoms with Crippen LogP contribution in [0.5, 0.6) is 0 Å². The van der Waals surface area contributed by atoms with Crippen molar-refractivity contribution in [3.05, 3.63) is 24.3 Å². The molecule has 0 aromatic carbocycles. The quantitative estimate of drug-likeness (QED) is 0.417. The highest BCUT2D eigenvalue weighted by Gasteiger charge is 1.67. The van der Waals surface area contributed by atoms with Crippen molar-refractivity contribution in [3.63, 3.8) is 0 Å². The molecule has 0 aromatic rings. The lowest BCUT2D eigenvalue weighted by Crippen LogP contribution is -1.73. The van der Waals surface area contributed by atoms with Crippen LogP contribution in [-0.4, -0.2) is 12.8 Å². The van der Waals surface area contributed by atoms with E-state index in [0.717, 1.165) is 13.0 Å². The minimum Gasteiger partial charge on any atom is -0.293 e. The van der Waals surface area contributed by atoms with Crippen molar-refractivity contribution in [1.82, 2.24) is 0 Å². The van der Waals surface area contributed by atoms with Crippen molar-refractivity contribution in [1.29, 1.82) is 0 Å². The van der Waals surface area contributed by atoms with Gasteiger partial charge in [-0.15, -0.1) is 0 Å². The molecule has 0 spiro atoms. The molecular weight excluding hydrogens is 122 g/mol. The maximum absolute atomic E-state index is 4.12. The van der Waals surface area contributed by atoms with Crippen LogP contribution in [-0.2, 0) is 0 Å². The first kappa shape index (κ1) is 9.15. The number of hydrogen-bond acceptors (Lipinski definition) is 1. The third-order valence-electron chi connectivity index (χ3n) is 0.959. The zero-order chi connectivity index (χ0) is 7.66. The summed E-state index contributed by atoms with van der Waals surface area (Å²) < 4.78 is 0. The van der Waals surface area contributed by atoms with Crippen molar-refractivity contribution in [2.45, 2.75) is 20.3 Å². The predicted molar refractivity (Wildman–Crippen MR) is 47.6 cm³/mol. The molecule has 0 aliphatic heterocycles. The Balaban J connectivity index is 3.32. The van der Waals surface area contributed by atoms with Gasteiger partial charge in [0.15, 0.2) is 0 Å². The van der Waals surface area contributed by atoms with Crippen LogP contribution in [0.4, 0.5) is 0 Å². The number of allylic oxidation sites excluding steroid dienone is 4. The van der Waals surface area contributed by atoms with Gasteiger partial charge in [-0.2, -0.15) is 0 Å². The molecule has 0 bridgehead atoms. The van der Waals surface area contributed by atoms with E-state index in [9.17, 15) is 0 Å². The van der Waals surface area contributed by atoms with Crippen molar-refractivity contribution in [2.75, 3.05) is 6.54 Å². The number of aliphatic imine (C=N–C) groups is 1. The van der Waals surface area contributed by atoms with E-state index in [4.69, 9.17) is 0 Å². The average molecular weight is 137 g/mol. The minimum absolute atomic E-state index is 0.931. The van der Waals surface area contributed by atoms with Gasteiger partial charge in [0, 0.05) is 12.8 Å². The van der Waals surface area contributed by atoms with Crippen LogP contribution in [0, 0.1) is 0 Å². The lowest BCUT2D eigenvalue weighted by atomic mass is 10.4. The first-order valence-corrected chi connectivity index (χ1v) is 3.69. The summed E-state index contributed by atoms with van der Waals surface area (Å²) in [6.45, 7) is 5.04. The molecule has 0 unspecified atom stereocenters. The Bertz CT molecular complexity index is 132. The fraction of sp³-hybridized carbons (Fsp3) is 0.444. The molecule has 56 valence electrons. The molecule has 0 saturated carbocycles. The van der Waals surface area contributed by atoms with Gasteiger partial charge in [-0.25, -0.2) is 0 Å². The third kappa shape index (κ3) is 7.15. The molecular formula is C9H15N. The standard InChI is InChI=1S/C9H15N/c1-3-5-6-7-9-10-8-4-2/h3,5-7,9H,4,8H2,1-2H3/b5-3-,7-6-,10-9?. The molecule has 0 aromatic heterocycles. The fourth-order valence-corrected chi connectivity index (χ4v) is 0.489. The fourth-order valence-electron chi connectivity index (χ4n) is 0.489. The second-order valence-electron chi connectivity index (χ2n) is 1.97. The van der Waals surface area contributed by atoms with E-state index in [1.165, 1.54) is 0 Å². The average Bonchev–Trinajstić information content (AvgIpc) is 1.97. The zero-order valence-corrected chi connectivity index (χ0v) is 6.75. The van der Waals surface area contributed by atoms with Gasteiger partial charge in [0.1, 0.15) is 0 Å². The normalized spacial score (nSPS) is 12.6. The van der Waals surface area contributed by atoms with Gasteiger partial charge >= 0.3 is 0 Å². The summed E-state index contributed by atoms with van der Waals surface area (Å²) in [6.07, 6.45) is 10.8. The van der Waals surface area contributed by atoms with Crippen LogP contribution in [0.15, 0.2) is 29.3 Å². The van der Waals surface area contributed by atoms with Crippen LogP contribution < -0.4 is 0 Å². The molecule has 0 rings (SSSR count). The van der Waals surface area contributed by atoms with Gasteiger partial charge in [-0.05, 0) is 19.4 Å². The van der Waals surface area contributed by atoms with E-state index >= 15 is 0 Å². The highest BCUT2D eigenvalue weighted by atomic mass is 14.7. The van der Waals surface area contributed by atoms with Gasteiger partial charge in [-0.3, -0.25) is 4.99 Å². The maximum atomic E-state index is 4.12. The van der Waals surface area contributed by atoms with Gasteiger partial charge in [-0.1, -0.05) is 25.2 Å². The minimum atomic E-state index is 0.931. The number of hydrogen-bond donors (Lipinski definition) is 0. The third-order valence-corrected chi connectivity index (χ3v) is 0.959. The number of rotatable bonds is 4. The highest BCUT2D eigenvalue weighted by Crippen LogP contribution is 1.77. The van der Waals surface area contributed by atoms with Crippen molar-refractivity contribution < 1.29 is 0 Å². The maximum Gasteiger partial charge on any atom is 0.0386 e. The Labute approximate surface area is 63.2 Å². The van der Waals surface area contributed by atoms with E-state index in [2.05, 4.69) is 11.9 Å². The molecule has 0 N–H and O–H groups in total. The highest BCUT2D eigenvalue weighted by molar-refractivity contribution is 5.71. The molecule has 0 saturated heterocycles. The van der Waals surface area contributed by atoms with Crippen LogP contribution >= 0.6 is 0 Å². The lowest BCUT2D eigenvalue weighted by Gasteiger charge is -1.80. The summed E-state index contributed by atoms with van der Waals surface area (Å²) in [7, 11) is 0. The van der Waals surface area contributed by atoms with E-state index in [1.807, 2.05) is 37.4 Å². The van der Waals surface area contributed by atoms with Crippen molar-refractivity contribution in [2.24, 2.45) is 4.99 Å². The molecule has 0 amide bonds. The predicted octanol–water partition coefficient (Wildman–Crippen LogP) is 2.60. The van der Waals surface area contributed by atoms with E-state index in [-0.39, 0.29) is 0 Å². The van der Waals surface area contributed by atoms with Crippen LogP contribution in [0.3, 0.4) is 0 Å². The monoisotopic (exact) mass is 137 g/mol. The molecule has 0 aliphatic rings. The number of nitrogens with zero attached hydrogens (tertiary/aromatic N) is 1. The van der Waals surface area contributed by atoms with Gasteiger partial charge in [0.2, 0.25) is 0 Å². The molecule has 1 nitrogen and oxygen atoms in total. The molecule has 1 heteroatoms. The van der Waals surface area contributed by atoms with Gasteiger partial charge in [0.05, 0.1) is 0 Å². The van der Waals surface area contributed by atoms with Crippen LogP contribution in [0.2, 0.25) is 0 Å². The van der Waals surface area contributed by atoms with Crippen molar-refractivity contribution in [3.8, 4) is 0 Å². The van der Waals surface area contributed by atoms with E-state index in [0.29, 0.717) is 0 Å². The Kier molecular flexibility index (Phi) is 7.46. The molecule has 10 heavy (non-hydrogen) atoms. The second kappa shape index (κ2) is 8.15. The summed E-state index contributed by atoms with van der Waals surface area (Å²) in [6, 6.07) is 0. The summed E-state index contributed by atoms with van der Waals surface area (Å²) in [4.78, 5) is 4.12. The zero-order valence-electron chi connectivity index (χ0n) is 6.75. The Morgan fingerprint density at radius 3 is 2.60 bits per heavy atom. The first-order chi connectivity index (χ1) is 4.91. The molecule has 0 heterocycles. The summed E-state index contributed by atoms with van der Waals surface area (Å²) >= 11 is 0. The van der Waals surface area contributed by atoms with Crippen molar-refractivity contribution >= 4 is 6.21 Å². The van der Waals surface area contributed by atoms with E-state index in [1.54, 1.807) is 0 Å². The Morgan fingerprint density at radius 2 is 2.00 bits per heavy atom. The van der Waals surface area contributed by atoms with Gasteiger partial charge in [0.25, 0.3) is 0 Å². The summed E-state index contributed by atoms with van der Waals surface area (Å²) in [5.41, 5.74) is 0. The molecule has 0 radical (unpaired) electrons. The Hall–Kier alpha value is -0.850. The van der Waals surface area contributed by atoms with Crippen LogP contribution in [0.1, 0.15) is 20.3 Å². The first-order valence-electron chi connectivity index (χ1n) is 3.69. The topological polar surface area (TPSA) is 12.4 Å². The van der Waals surface area contributed by atoms with Gasteiger partial charge < -0.3 is 0 Å². The molecule has 0 aliphatic carbocycles. The largest absolute Gasteiger partial charge is 0.293 e. The van der Waals surface area contributed by atoms with Crippen LogP contribution in [0.25, 0.3) is 0 Å². The Morgan fingerprint density at radius 1 is 1.20 bits per heavy atom. The van der Waals surface area contributed by atoms with E-state index < -0.39 is 0 Å². The lowest BCUT2D eigenvalue weighted by molar-refractivity contribution is 0.937. The molecule has 0 fully saturated rings. The second-order valence-corrected chi connectivity index (χ2v) is 1.97. The SMILES string of the molecule is C/C=C\C=C/C=NCCC.